The molecule has 0 atom stereocenters. The van der Waals surface area contributed by atoms with Gasteiger partial charge in [0.1, 0.15) is 18.2 Å². The van der Waals surface area contributed by atoms with Crippen molar-refractivity contribution in [3.05, 3.63) is 75.7 Å². The highest BCUT2D eigenvalue weighted by Crippen LogP contribution is 2.27. The van der Waals surface area contributed by atoms with E-state index in [2.05, 4.69) is 4.90 Å². The van der Waals surface area contributed by atoms with Gasteiger partial charge < -0.3 is 9.64 Å². The molecular weight excluding hydrogens is 323 g/mol. The average molecular weight is 342 g/mol. The summed E-state index contributed by atoms with van der Waals surface area (Å²) in [5.41, 5.74) is 1.35. The molecule has 1 fully saturated rings. The zero-order chi connectivity index (χ0) is 17.6. The summed E-state index contributed by atoms with van der Waals surface area (Å²) in [7, 11) is 0. The van der Waals surface area contributed by atoms with Gasteiger partial charge in [0.05, 0.1) is 16.6 Å². The Morgan fingerprint density at radius 2 is 1.88 bits per heavy atom. The van der Waals surface area contributed by atoms with Gasteiger partial charge in [0.2, 0.25) is 0 Å². The molecule has 6 heteroatoms. The van der Waals surface area contributed by atoms with E-state index in [4.69, 9.17) is 4.74 Å². The summed E-state index contributed by atoms with van der Waals surface area (Å²) in [6, 6.07) is 10.8. The van der Waals surface area contributed by atoms with Gasteiger partial charge in [-0.2, -0.15) is 0 Å². The maximum absolute atomic E-state index is 12.9. The normalized spacial score (nSPS) is 14.2. The molecule has 0 aliphatic carbocycles. The maximum Gasteiger partial charge on any atom is 0.280 e. The lowest BCUT2D eigenvalue weighted by Gasteiger charge is -2.10. The number of rotatable bonds is 6. The van der Waals surface area contributed by atoms with Gasteiger partial charge in [0.15, 0.2) is 0 Å². The lowest BCUT2D eigenvalue weighted by atomic mass is 10.1. The number of halogens is 1. The Balaban J connectivity index is 1.71. The van der Waals surface area contributed by atoms with Crippen LogP contribution in [0.25, 0.3) is 6.08 Å². The number of nitro groups is 1. The Bertz CT molecular complexity index is 769. The molecule has 0 unspecified atom stereocenters. The van der Waals surface area contributed by atoms with E-state index in [1.54, 1.807) is 30.3 Å². The van der Waals surface area contributed by atoms with Crippen molar-refractivity contribution < 1.29 is 14.1 Å². The molecule has 0 aromatic heterocycles. The molecule has 0 amide bonds. The van der Waals surface area contributed by atoms with Gasteiger partial charge >= 0.3 is 0 Å². The third-order valence-corrected chi connectivity index (χ3v) is 4.12. The monoisotopic (exact) mass is 342 g/mol. The van der Waals surface area contributed by atoms with Crippen LogP contribution in [-0.2, 0) is 6.61 Å². The Kier molecular flexibility index (Phi) is 5.28. The molecule has 0 radical (unpaired) electrons. The van der Waals surface area contributed by atoms with Crippen molar-refractivity contribution in [1.82, 2.24) is 4.90 Å². The molecule has 25 heavy (non-hydrogen) atoms. The van der Waals surface area contributed by atoms with Crippen LogP contribution in [0.2, 0.25) is 0 Å². The third kappa shape index (κ3) is 4.56. The van der Waals surface area contributed by atoms with Gasteiger partial charge in [0, 0.05) is 13.1 Å². The summed E-state index contributed by atoms with van der Waals surface area (Å²) in [5.74, 6) is 0.0999. The molecule has 0 spiro atoms. The minimum Gasteiger partial charge on any atom is -0.489 e. The number of benzene rings is 2. The molecule has 5 nitrogen and oxygen atoms in total. The largest absolute Gasteiger partial charge is 0.489 e. The minimum atomic E-state index is -0.408. The fourth-order valence-corrected chi connectivity index (χ4v) is 2.74. The van der Waals surface area contributed by atoms with Gasteiger partial charge in [0.25, 0.3) is 5.69 Å². The van der Waals surface area contributed by atoms with E-state index in [-0.39, 0.29) is 18.1 Å². The molecule has 0 saturated carbocycles. The lowest BCUT2D eigenvalue weighted by molar-refractivity contribution is -0.385. The van der Waals surface area contributed by atoms with Crippen molar-refractivity contribution in [2.24, 2.45) is 0 Å². The predicted octanol–water partition coefficient (Wildman–Crippen LogP) is 4.38. The van der Waals surface area contributed by atoms with Gasteiger partial charge in [-0.25, -0.2) is 4.39 Å². The van der Waals surface area contributed by atoms with E-state index < -0.39 is 4.92 Å². The van der Waals surface area contributed by atoms with Crippen molar-refractivity contribution in [1.29, 1.82) is 0 Å². The standard InChI is InChI=1S/C19H19FN2O3/c20-17-6-3-15(4-7-17)14-25-18-8-5-16(19(13-18)22(23)24)9-12-21-10-1-2-11-21/h3-9,12-13H,1-2,10-11,14H2/b12-9+. The highest BCUT2D eigenvalue weighted by atomic mass is 19.1. The zero-order valence-corrected chi connectivity index (χ0v) is 13.7. The first-order chi connectivity index (χ1) is 12.1. The van der Waals surface area contributed by atoms with Gasteiger partial charge in [-0.1, -0.05) is 12.1 Å². The second-order valence-electron chi connectivity index (χ2n) is 5.95. The highest BCUT2D eigenvalue weighted by Gasteiger charge is 2.14. The van der Waals surface area contributed by atoms with Gasteiger partial charge in [-0.3, -0.25) is 10.1 Å². The second kappa shape index (κ2) is 7.79. The van der Waals surface area contributed by atoms with Crippen LogP contribution in [0.3, 0.4) is 0 Å². The second-order valence-corrected chi connectivity index (χ2v) is 5.95. The minimum absolute atomic E-state index is 0.00653. The fourth-order valence-electron chi connectivity index (χ4n) is 2.74. The molecular formula is C19H19FN2O3. The summed E-state index contributed by atoms with van der Waals surface area (Å²) >= 11 is 0. The number of hydrogen-bond donors (Lipinski definition) is 0. The topological polar surface area (TPSA) is 55.6 Å². The molecule has 1 saturated heterocycles. The maximum atomic E-state index is 12.9. The Labute approximate surface area is 145 Å². The van der Waals surface area contributed by atoms with Gasteiger partial charge in [-0.05, 0) is 54.9 Å². The molecule has 1 heterocycles. The summed E-state index contributed by atoms with van der Waals surface area (Å²) in [4.78, 5) is 13.1. The number of likely N-dealkylation sites (tertiary alicyclic amines) is 1. The van der Waals surface area contributed by atoms with Crippen molar-refractivity contribution in [3.8, 4) is 5.75 Å². The van der Waals surface area contributed by atoms with E-state index in [1.165, 1.54) is 18.2 Å². The molecule has 3 rings (SSSR count). The third-order valence-electron chi connectivity index (χ3n) is 4.12. The summed E-state index contributed by atoms with van der Waals surface area (Å²) < 4.78 is 18.5. The van der Waals surface area contributed by atoms with Crippen LogP contribution in [0, 0.1) is 15.9 Å². The van der Waals surface area contributed by atoms with Crippen LogP contribution >= 0.6 is 0 Å². The van der Waals surface area contributed by atoms with Crippen molar-refractivity contribution in [2.45, 2.75) is 19.4 Å². The van der Waals surface area contributed by atoms with Crippen molar-refractivity contribution in [2.75, 3.05) is 13.1 Å². The summed E-state index contributed by atoms with van der Waals surface area (Å²) in [6.07, 6.45) is 5.99. The molecule has 0 N–H and O–H groups in total. The van der Waals surface area contributed by atoms with Crippen LogP contribution < -0.4 is 4.74 Å². The molecule has 130 valence electrons. The first-order valence-corrected chi connectivity index (χ1v) is 8.20. The SMILES string of the molecule is O=[N+]([O-])c1cc(OCc2ccc(F)cc2)ccc1/C=C/N1CCCC1. The first kappa shape index (κ1) is 17.0. The molecule has 1 aliphatic heterocycles. The summed E-state index contributed by atoms with van der Waals surface area (Å²) in [5, 5.41) is 11.3. The average Bonchev–Trinajstić information content (AvgIpc) is 3.13. The van der Waals surface area contributed by atoms with Crippen LogP contribution in [0.5, 0.6) is 5.75 Å². The van der Waals surface area contributed by atoms with Gasteiger partial charge in [-0.15, -0.1) is 0 Å². The quantitative estimate of drug-likeness (QED) is 0.577. The summed E-state index contributed by atoms with van der Waals surface area (Å²) in [6.45, 7) is 2.20. The van der Waals surface area contributed by atoms with E-state index in [9.17, 15) is 14.5 Å². The molecule has 2 aromatic carbocycles. The number of hydrogen-bond acceptors (Lipinski definition) is 4. The molecule has 0 bridgehead atoms. The Morgan fingerprint density at radius 1 is 1.16 bits per heavy atom. The number of nitro benzene ring substituents is 1. The van der Waals surface area contributed by atoms with E-state index in [0.717, 1.165) is 31.5 Å². The van der Waals surface area contributed by atoms with Crippen molar-refractivity contribution in [3.63, 3.8) is 0 Å². The smallest absolute Gasteiger partial charge is 0.280 e. The lowest BCUT2D eigenvalue weighted by Crippen LogP contribution is -2.10. The van der Waals surface area contributed by atoms with E-state index >= 15 is 0 Å². The van der Waals surface area contributed by atoms with Crippen molar-refractivity contribution >= 4 is 11.8 Å². The first-order valence-electron chi connectivity index (χ1n) is 8.20. The number of ether oxygens (including phenoxy) is 1. The predicted molar refractivity (Wildman–Crippen MR) is 93.7 cm³/mol. The molecule has 2 aromatic rings. The number of nitrogens with zero attached hydrogens (tertiary/aromatic N) is 2. The van der Waals surface area contributed by atoms with E-state index in [0.29, 0.717) is 11.3 Å². The zero-order valence-electron chi connectivity index (χ0n) is 13.7. The van der Waals surface area contributed by atoms with E-state index in [1.807, 2.05) is 6.20 Å². The fraction of sp³-hybridized carbons (Fsp3) is 0.263. The molecule has 1 aliphatic rings. The van der Waals surface area contributed by atoms with Crippen LogP contribution in [-0.4, -0.2) is 22.9 Å². The Morgan fingerprint density at radius 3 is 2.56 bits per heavy atom. The van der Waals surface area contributed by atoms with Crippen LogP contribution in [0.4, 0.5) is 10.1 Å². The highest BCUT2D eigenvalue weighted by molar-refractivity contribution is 5.62. The van der Waals surface area contributed by atoms with Crippen LogP contribution in [0.1, 0.15) is 24.0 Å². The Hall–Kier alpha value is -2.89. The van der Waals surface area contributed by atoms with Crippen LogP contribution in [0.15, 0.2) is 48.7 Å².